The summed E-state index contributed by atoms with van der Waals surface area (Å²) in [5, 5.41) is 13.5. The predicted molar refractivity (Wildman–Crippen MR) is 103 cm³/mol. The molecule has 0 saturated carbocycles. The van der Waals surface area contributed by atoms with E-state index in [1.807, 2.05) is 24.3 Å². The first-order valence-electron chi connectivity index (χ1n) is 8.81. The number of nitro groups is 1. The Morgan fingerprint density at radius 3 is 2.56 bits per heavy atom. The van der Waals surface area contributed by atoms with Crippen molar-refractivity contribution in [3.8, 4) is 0 Å². The number of nitrogens with zero attached hydrogens (tertiary/aromatic N) is 2. The molecule has 2 aromatic carbocycles. The molecule has 1 fully saturated rings. The van der Waals surface area contributed by atoms with Crippen LogP contribution in [0.2, 0.25) is 0 Å². The van der Waals surface area contributed by atoms with Crippen LogP contribution in [-0.2, 0) is 9.59 Å². The summed E-state index contributed by atoms with van der Waals surface area (Å²) in [6.07, 6.45) is 0.118. The Labute approximate surface area is 157 Å². The minimum atomic E-state index is -0.517. The zero-order chi connectivity index (χ0) is 19.6. The second-order valence-corrected chi connectivity index (χ2v) is 6.95. The SMILES string of the molecule is CC(C)c1ccc(N2C[C@H](C(=O)Nc3cccc([N+](=O)[O-])c3)CC2=O)cc1. The first-order valence-corrected chi connectivity index (χ1v) is 8.81. The fraction of sp³-hybridized carbons (Fsp3) is 0.300. The molecule has 7 heteroatoms. The Kier molecular flexibility index (Phi) is 5.21. The lowest BCUT2D eigenvalue weighted by Crippen LogP contribution is -2.28. The lowest BCUT2D eigenvalue weighted by molar-refractivity contribution is -0.384. The summed E-state index contributed by atoms with van der Waals surface area (Å²) in [5.74, 6) is -0.514. The summed E-state index contributed by atoms with van der Waals surface area (Å²) in [7, 11) is 0. The van der Waals surface area contributed by atoms with Crippen molar-refractivity contribution in [3.63, 3.8) is 0 Å². The van der Waals surface area contributed by atoms with Gasteiger partial charge in [-0.1, -0.05) is 32.0 Å². The molecule has 0 spiro atoms. The molecule has 1 aliphatic heterocycles. The van der Waals surface area contributed by atoms with Crippen LogP contribution in [0.4, 0.5) is 17.1 Å². The van der Waals surface area contributed by atoms with Gasteiger partial charge in [0, 0.05) is 36.5 Å². The van der Waals surface area contributed by atoms with Gasteiger partial charge in [-0.15, -0.1) is 0 Å². The van der Waals surface area contributed by atoms with Crippen LogP contribution >= 0.6 is 0 Å². The van der Waals surface area contributed by atoms with Crippen LogP contribution in [0.3, 0.4) is 0 Å². The van der Waals surface area contributed by atoms with Crippen molar-refractivity contribution in [1.29, 1.82) is 0 Å². The average Bonchev–Trinajstić information content (AvgIpc) is 3.04. The lowest BCUT2D eigenvalue weighted by Gasteiger charge is -2.17. The Bertz CT molecular complexity index is 877. The second-order valence-electron chi connectivity index (χ2n) is 6.95. The third-order valence-corrected chi connectivity index (χ3v) is 4.69. The number of non-ortho nitro benzene ring substituents is 1. The highest BCUT2D eigenvalue weighted by Crippen LogP contribution is 2.28. The number of hydrogen-bond donors (Lipinski definition) is 1. The van der Waals surface area contributed by atoms with E-state index in [9.17, 15) is 19.7 Å². The molecule has 0 aromatic heterocycles. The Hall–Kier alpha value is -3.22. The molecular formula is C20H21N3O4. The molecule has 1 N–H and O–H groups in total. The third kappa shape index (κ3) is 4.13. The van der Waals surface area contributed by atoms with Gasteiger partial charge >= 0.3 is 0 Å². The first-order chi connectivity index (χ1) is 12.8. The normalized spacial score (nSPS) is 16.6. The van der Waals surface area contributed by atoms with Crippen LogP contribution < -0.4 is 10.2 Å². The fourth-order valence-electron chi connectivity index (χ4n) is 3.11. The largest absolute Gasteiger partial charge is 0.326 e. The standard InChI is InChI=1S/C20H21N3O4/c1-13(2)14-6-8-17(9-7-14)22-12-15(10-19(22)24)20(25)21-16-4-3-5-18(11-16)23(26)27/h3-9,11,13,15H,10,12H2,1-2H3,(H,21,25)/t15-/m1/s1. The topological polar surface area (TPSA) is 92.6 Å². The van der Waals surface area contributed by atoms with Gasteiger partial charge in [0.2, 0.25) is 11.8 Å². The molecule has 1 saturated heterocycles. The minimum Gasteiger partial charge on any atom is -0.326 e. The van der Waals surface area contributed by atoms with Crippen molar-refractivity contribution in [2.45, 2.75) is 26.2 Å². The van der Waals surface area contributed by atoms with Crippen LogP contribution in [0.5, 0.6) is 0 Å². The van der Waals surface area contributed by atoms with Gasteiger partial charge in [0.05, 0.1) is 10.8 Å². The number of amides is 2. The fourth-order valence-corrected chi connectivity index (χ4v) is 3.11. The number of hydrogen-bond acceptors (Lipinski definition) is 4. The van der Waals surface area contributed by atoms with E-state index >= 15 is 0 Å². The maximum Gasteiger partial charge on any atom is 0.271 e. The number of nitro benzene ring substituents is 1. The molecule has 0 aliphatic carbocycles. The van der Waals surface area contributed by atoms with Gasteiger partial charge in [-0.25, -0.2) is 0 Å². The van der Waals surface area contributed by atoms with Gasteiger partial charge in [0.1, 0.15) is 0 Å². The maximum atomic E-state index is 12.5. The minimum absolute atomic E-state index is 0.0952. The van der Waals surface area contributed by atoms with Crippen molar-refractivity contribution in [3.05, 3.63) is 64.2 Å². The van der Waals surface area contributed by atoms with Gasteiger partial charge < -0.3 is 10.2 Å². The van der Waals surface area contributed by atoms with E-state index in [4.69, 9.17) is 0 Å². The number of nitrogens with one attached hydrogen (secondary N) is 1. The molecule has 0 radical (unpaired) electrons. The Balaban J connectivity index is 1.68. The third-order valence-electron chi connectivity index (χ3n) is 4.69. The van der Waals surface area contributed by atoms with E-state index in [1.54, 1.807) is 11.0 Å². The zero-order valence-corrected chi connectivity index (χ0v) is 15.2. The smallest absolute Gasteiger partial charge is 0.271 e. The molecule has 3 rings (SSSR count). The molecule has 1 atom stereocenters. The van der Waals surface area contributed by atoms with Crippen LogP contribution in [-0.4, -0.2) is 23.3 Å². The molecule has 2 aromatic rings. The molecule has 1 heterocycles. The van der Waals surface area contributed by atoms with Gasteiger partial charge in [0.15, 0.2) is 0 Å². The van der Waals surface area contributed by atoms with Gasteiger partial charge in [0.25, 0.3) is 5.69 Å². The number of anilines is 2. The van der Waals surface area contributed by atoms with E-state index in [1.165, 1.54) is 23.8 Å². The Morgan fingerprint density at radius 1 is 1.22 bits per heavy atom. The van der Waals surface area contributed by atoms with E-state index in [2.05, 4.69) is 19.2 Å². The van der Waals surface area contributed by atoms with Gasteiger partial charge in [-0.3, -0.25) is 19.7 Å². The van der Waals surface area contributed by atoms with E-state index in [-0.39, 0.29) is 23.9 Å². The monoisotopic (exact) mass is 367 g/mol. The van der Waals surface area contributed by atoms with Gasteiger partial charge in [-0.05, 0) is 29.7 Å². The molecule has 2 amide bonds. The van der Waals surface area contributed by atoms with Crippen molar-refractivity contribution in [2.75, 3.05) is 16.8 Å². The van der Waals surface area contributed by atoms with Crippen LogP contribution in [0, 0.1) is 16.0 Å². The van der Waals surface area contributed by atoms with E-state index in [0.717, 1.165) is 5.69 Å². The molecule has 0 unspecified atom stereocenters. The summed E-state index contributed by atoms with van der Waals surface area (Å²) >= 11 is 0. The van der Waals surface area contributed by atoms with Crippen molar-refractivity contribution in [1.82, 2.24) is 0 Å². The second kappa shape index (κ2) is 7.57. The van der Waals surface area contributed by atoms with Crippen LogP contribution in [0.25, 0.3) is 0 Å². The summed E-state index contributed by atoms with van der Waals surface area (Å²) in [6, 6.07) is 13.5. The molecule has 27 heavy (non-hydrogen) atoms. The highest BCUT2D eigenvalue weighted by Gasteiger charge is 2.35. The zero-order valence-electron chi connectivity index (χ0n) is 15.2. The maximum absolute atomic E-state index is 12.5. The average molecular weight is 367 g/mol. The highest BCUT2D eigenvalue weighted by atomic mass is 16.6. The predicted octanol–water partition coefficient (Wildman–Crippen LogP) is 3.71. The Morgan fingerprint density at radius 2 is 1.93 bits per heavy atom. The van der Waals surface area contributed by atoms with E-state index in [0.29, 0.717) is 18.2 Å². The van der Waals surface area contributed by atoms with E-state index < -0.39 is 10.8 Å². The van der Waals surface area contributed by atoms with Crippen molar-refractivity contribution in [2.24, 2.45) is 5.92 Å². The molecule has 140 valence electrons. The quantitative estimate of drug-likeness (QED) is 0.644. The molecule has 1 aliphatic rings. The number of carbonyl (C=O) groups is 2. The molecular weight excluding hydrogens is 346 g/mol. The van der Waals surface area contributed by atoms with Gasteiger partial charge in [-0.2, -0.15) is 0 Å². The highest BCUT2D eigenvalue weighted by molar-refractivity contribution is 6.03. The van der Waals surface area contributed by atoms with Crippen molar-refractivity contribution < 1.29 is 14.5 Å². The van der Waals surface area contributed by atoms with Crippen LogP contribution in [0.1, 0.15) is 31.7 Å². The van der Waals surface area contributed by atoms with Crippen molar-refractivity contribution >= 4 is 28.9 Å². The molecule has 7 nitrogen and oxygen atoms in total. The van der Waals surface area contributed by atoms with Crippen LogP contribution in [0.15, 0.2) is 48.5 Å². The number of benzene rings is 2. The summed E-state index contributed by atoms with van der Waals surface area (Å²) in [5.41, 5.74) is 2.21. The summed E-state index contributed by atoms with van der Waals surface area (Å²) in [4.78, 5) is 36.8. The summed E-state index contributed by atoms with van der Waals surface area (Å²) in [6.45, 7) is 4.50. The first kappa shape index (κ1) is 18.6. The molecule has 0 bridgehead atoms. The number of rotatable bonds is 5. The number of carbonyl (C=O) groups excluding carboxylic acids is 2. The lowest BCUT2D eigenvalue weighted by atomic mass is 10.0. The summed E-state index contributed by atoms with van der Waals surface area (Å²) < 4.78 is 0.